The second kappa shape index (κ2) is 6.58. The van der Waals surface area contributed by atoms with Gasteiger partial charge in [0, 0.05) is 6.61 Å². The van der Waals surface area contributed by atoms with Crippen molar-refractivity contribution in [3.8, 4) is 0 Å². The van der Waals surface area contributed by atoms with Gasteiger partial charge in [-0.05, 0) is 46.5 Å². The molecule has 3 heteroatoms. The number of hydrogen-bond acceptors (Lipinski definition) is 3. The van der Waals surface area contributed by atoms with Crippen molar-refractivity contribution >= 4 is 0 Å². The summed E-state index contributed by atoms with van der Waals surface area (Å²) in [4.78, 5) is 0. The van der Waals surface area contributed by atoms with Crippen molar-refractivity contribution in [2.75, 3.05) is 13.2 Å². The van der Waals surface area contributed by atoms with Gasteiger partial charge in [0.25, 0.3) is 0 Å². The van der Waals surface area contributed by atoms with Gasteiger partial charge in [-0.3, -0.25) is 0 Å². The lowest BCUT2D eigenvalue weighted by Crippen LogP contribution is -2.33. The van der Waals surface area contributed by atoms with Gasteiger partial charge in [0.1, 0.15) is 0 Å². The van der Waals surface area contributed by atoms with E-state index in [0.717, 1.165) is 25.9 Å². The standard InChI is InChI=1S/C13H26O3/c1-5-11(10-15-13(2,3)4)16-12-8-6-7-9-14-12/h11-12H,5-10H2,1-4H3/t11-,12?/m1/s1. The Hall–Kier alpha value is -0.120. The van der Waals surface area contributed by atoms with Gasteiger partial charge in [0.2, 0.25) is 0 Å². The van der Waals surface area contributed by atoms with Crippen molar-refractivity contribution in [1.29, 1.82) is 0 Å². The molecule has 0 aromatic heterocycles. The molecule has 0 saturated carbocycles. The summed E-state index contributed by atoms with van der Waals surface area (Å²) >= 11 is 0. The first-order valence-electron chi connectivity index (χ1n) is 6.42. The van der Waals surface area contributed by atoms with Crippen LogP contribution in [0.2, 0.25) is 0 Å². The molecule has 2 atom stereocenters. The quantitative estimate of drug-likeness (QED) is 0.726. The lowest BCUT2D eigenvalue weighted by Gasteiger charge is -2.29. The second-order valence-electron chi connectivity index (χ2n) is 5.39. The average molecular weight is 230 g/mol. The lowest BCUT2D eigenvalue weighted by atomic mass is 10.2. The highest BCUT2D eigenvalue weighted by Gasteiger charge is 2.20. The molecular weight excluding hydrogens is 204 g/mol. The van der Waals surface area contributed by atoms with Crippen LogP contribution < -0.4 is 0 Å². The topological polar surface area (TPSA) is 27.7 Å². The first kappa shape index (κ1) is 13.9. The van der Waals surface area contributed by atoms with Gasteiger partial charge in [-0.25, -0.2) is 0 Å². The van der Waals surface area contributed by atoms with Crippen LogP contribution in [0.15, 0.2) is 0 Å². The first-order chi connectivity index (χ1) is 7.51. The predicted molar refractivity (Wildman–Crippen MR) is 64.5 cm³/mol. The minimum Gasteiger partial charge on any atom is -0.373 e. The second-order valence-corrected chi connectivity index (χ2v) is 5.39. The fourth-order valence-corrected chi connectivity index (χ4v) is 1.63. The normalized spacial score (nSPS) is 24.4. The molecule has 1 fully saturated rings. The van der Waals surface area contributed by atoms with E-state index in [1.54, 1.807) is 0 Å². The maximum atomic E-state index is 5.89. The van der Waals surface area contributed by atoms with E-state index in [1.165, 1.54) is 6.42 Å². The van der Waals surface area contributed by atoms with Gasteiger partial charge in [-0.1, -0.05) is 6.92 Å². The van der Waals surface area contributed by atoms with Crippen LogP contribution in [0.3, 0.4) is 0 Å². The predicted octanol–water partition coefficient (Wildman–Crippen LogP) is 3.12. The first-order valence-corrected chi connectivity index (χ1v) is 6.42. The van der Waals surface area contributed by atoms with E-state index >= 15 is 0 Å². The molecule has 1 aliphatic rings. The summed E-state index contributed by atoms with van der Waals surface area (Å²) in [5.74, 6) is 0. The van der Waals surface area contributed by atoms with E-state index < -0.39 is 0 Å². The van der Waals surface area contributed by atoms with Crippen LogP contribution in [0.1, 0.15) is 53.4 Å². The highest BCUT2D eigenvalue weighted by Crippen LogP contribution is 2.18. The smallest absolute Gasteiger partial charge is 0.158 e. The number of hydrogen-bond donors (Lipinski definition) is 0. The Bertz CT molecular complexity index is 180. The molecule has 0 bridgehead atoms. The summed E-state index contributed by atoms with van der Waals surface area (Å²) < 4.78 is 17.2. The minimum atomic E-state index is -0.0931. The Morgan fingerprint density at radius 2 is 2.06 bits per heavy atom. The molecule has 0 radical (unpaired) electrons. The Kier molecular flexibility index (Phi) is 5.73. The molecule has 0 aliphatic carbocycles. The van der Waals surface area contributed by atoms with Crippen molar-refractivity contribution in [1.82, 2.24) is 0 Å². The Morgan fingerprint density at radius 3 is 2.56 bits per heavy atom. The molecular formula is C13H26O3. The molecule has 1 rings (SSSR count). The molecule has 3 nitrogen and oxygen atoms in total. The largest absolute Gasteiger partial charge is 0.373 e. The summed E-state index contributed by atoms with van der Waals surface area (Å²) in [6.07, 6.45) is 4.50. The molecule has 1 heterocycles. The third-order valence-electron chi connectivity index (χ3n) is 2.64. The maximum Gasteiger partial charge on any atom is 0.158 e. The van der Waals surface area contributed by atoms with Crippen molar-refractivity contribution in [2.24, 2.45) is 0 Å². The van der Waals surface area contributed by atoms with Gasteiger partial charge in [-0.15, -0.1) is 0 Å². The lowest BCUT2D eigenvalue weighted by molar-refractivity contribution is -0.204. The Morgan fingerprint density at radius 1 is 1.31 bits per heavy atom. The van der Waals surface area contributed by atoms with Gasteiger partial charge in [0.15, 0.2) is 6.29 Å². The number of rotatable bonds is 5. The molecule has 16 heavy (non-hydrogen) atoms. The average Bonchev–Trinajstić information content (AvgIpc) is 2.24. The zero-order chi connectivity index (χ0) is 12.0. The third kappa shape index (κ3) is 5.83. The van der Waals surface area contributed by atoms with Crippen molar-refractivity contribution < 1.29 is 14.2 Å². The summed E-state index contributed by atoms with van der Waals surface area (Å²) in [6.45, 7) is 9.81. The van der Waals surface area contributed by atoms with Gasteiger partial charge in [0.05, 0.1) is 18.3 Å². The van der Waals surface area contributed by atoms with E-state index in [1.807, 2.05) is 0 Å². The fraction of sp³-hybridized carbons (Fsp3) is 1.00. The third-order valence-corrected chi connectivity index (χ3v) is 2.64. The van der Waals surface area contributed by atoms with Crippen LogP contribution in [0.5, 0.6) is 0 Å². The van der Waals surface area contributed by atoms with Crippen molar-refractivity contribution in [3.63, 3.8) is 0 Å². The molecule has 1 aliphatic heterocycles. The highest BCUT2D eigenvalue weighted by atomic mass is 16.7. The molecule has 0 aromatic carbocycles. The van der Waals surface area contributed by atoms with Gasteiger partial charge in [-0.2, -0.15) is 0 Å². The molecule has 96 valence electrons. The summed E-state index contributed by atoms with van der Waals surface area (Å²) in [7, 11) is 0. The van der Waals surface area contributed by atoms with Crippen molar-refractivity contribution in [2.45, 2.75) is 71.4 Å². The highest BCUT2D eigenvalue weighted by molar-refractivity contribution is 4.64. The summed E-state index contributed by atoms with van der Waals surface area (Å²) in [6, 6.07) is 0. The van der Waals surface area contributed by atoms with E-state index in [4.69, 9.17) is 14.2 Å². The van der Waals surface area contributed by atoms with Crippen molar-refractivity contribution in [3.05, 3.63) is 0 Å². The fourth-order valence-electron chi connectivity index (χ4n) is 1.63. The maximum absolute atomic E-state index is 5.89. The monoisotopic (exact) mass is 230 g/mol. The summed E-state index contributed by atoms with van der Waals surface area (Å²) in [5, 5.41) is 0. The van der Waals surface area contributed by atoms with E-state index in [-0.39, 0.29) is 18.0 Å². The van der Waals surface area contributed by atoms with Crippen LogP contribution in [0.25, 0.3) is 0 Å². The van der Waals surface area contributed by atoms with Crippen LogP contribution >= 0.6 is 0 Å². The zero-order valence-electron chi connectivity index (χ0n) is 11.1. The van der Waals surface area contributed by atoms with Crippen LogP contribution in [-0.4, -0.2) is 31.2 Å². The van der Waals surface area contributed by atoms with Crippen LogP contribution in [0.4, 0.5) is 0 Å². The van der Waals surface area contributed by atoms with Gasteiger partial charge < -0.3 is 14.2 Å². The minimum absolute atomic E-state index is 0.0118. The molecule has 1 unspecified atom stereocenters. The Labute approximate surface area is 99.5 Å². The SMILES string of the molecule is CC[C@H](COC(C)(C)C)OC1CCCCO1. The van der Waals surface area contributed by atoms with E-state index in [2.05, 4.69) is 27.7 Å². The van der Waals surface area contributed by atoms with E-state index in [0.29, 0.717) is 6.61 Å². The molecule has 0 aromatic rings. The van der Waals surface area contributed by atoms with Crippen LogP contribution in [0, 0.1) is 0 Å². The number of ether oxygens (including phenoxy) is 3. The molecule has 0 amide bonds. The van der Waals surface area contributed by atoms with Crippen LogP contribution in [-0.2, 0) is 14.2 Å². The summed E-state index contributed by atoms with van der Waals surface area (Å²) in [5.41, 5.74) is -0.0931. The molecule has 1 saturated heterocycles. The Balaban J connectivity index is 2.25. The zero-order valence-corrected chi connectivity index (χ0v) is 11.1. The van der Waals surface area contributed by atoms with E-state index in [9.17, 15) is 0 Å². The van der Waals surface area contributed by atoms with Gasteiger partial charge >= 0.3 is 0 Å². The molecule has 0 spiro atoms. The molecule has 0 N–H and O–H groups in total.